The third kappa shape index (κ3) is 2.88. The topological polar surface area (TPSA) is 58.1 Å². The van der Waals surface area contributed by atoms with E-state index >= 15 is 0 Å². The highest BCUT2D eigenvalue weighted by Gasteiger charge is 2.54. The van der Waals surface area contributed by atoms with Gasteiger partial charge in [0, 0.05) is 38.4 Å². The molecule has 114 valence electrons. The average molecular weight is 296 g/mol. The molecule has 1 aromatic heterocycles. The largest absolute Gasteiger partial charge is 0.356 e. The molecule has 1 atom stereocenters. The molecule has 21 heavy (non-hydrogen) atoms. The van der Waals surface area contributed by atoms with Gasteiger partial charge in [0.2, 0.25) is 5.91 Å². The lowest BCUT2D eigenvalue weighted by Crippen LogP contribution is -2.55. The summed E-state index contributed by atoms with van der Waals surface area (Å²) in [6, 6.07) is 0. The first kappa shape index (κ1) is 14.3. The molecule has 0 aromatic carbocycles. The number of carbonyl (C=O) groups is 1. The Morgan fingerprint density at radius 2 is 2.19 bits per heavy atom. The molecule has 2 fully saturated rings. The van der Waals surface area contributed by atoms with Crippen LogP contribution < -0.4 is 5.32 Å². The van der Waals surface area contributed by atoms with Gasteiger partial charge in [0.15, 0.2) is 0 Å². The first-order chi connectivity index (χ1) is 9.89. The third-order valence-electron chi connectivity index (χ3n) is 4.14. The Bertz CT molecular complexity index is 566. The molecule has 3 rings (SSSR count). The first-order valence-electron chi connectivity index (χ1n) is 7.05. The number of likely N-dealkylation sites (tertiary alicyclic amines) is 1. The molecule has 0 aliphatic carbocycles. The molecule has 0 saturated carbocycles. The minimum atomic E-state index is -2.85. The van der Waals surface area contributed by atoms with E-state index in [2.05, 4.69) is 15.3 Å². The van der Waals surface area contributed by atoms with Gasteiger partial charge < -0.3 is 5.32 Å². The zero-order valence-corrected chi connectivity index (χ0v) is 11.9. The van der Waals surface area contributed by atoms with Crippen LogP contribution in [-0.2, 0) is 11.3 Å². The Kier molecular flexibility index (Phi) is 3.39. The van der Waals surface area contributed by atoms with Gasteiger partial charge in [0.1, 0.15) is 0 Å². The van der Waals surface area contributed by atoms with Crippen LogP contribution in [-0.4, -0.2) is 46.3 Å². The lowest BCUT2D eigenvalue weighted by Gasteiger charge is -2.42. The monoisotopic (exact) mass is 296 g/mol. The fraction of sp³-hybridized carbons (Fsp3) is 0.643. The number of nitrogens with one attached hydrogen (secondary N) is 1. The zero-order valence-electron chi connectivity index (χ0n) is 11.9. The van der Waals surface area contributed by atoms with Crippen LogP contribution in [0.5, 0.6) is 0 Å². The summed E-state index contributed by atoms with van der Waals surface area (Å²) in [5.74, 6) is -3.10. The number of aryl methyl sites for hydroxylation is 1. The number of amides is 1. The molecule has 2 aliphatic rings. The highest BCUT2D eigenvalue weighted by Crippen LogP contribution is 2.43. The van der Waals surface area contributed by atoms with Gasteiger partial charge in [-0.15, -0.1) is 0 Å². The minimum Gasteiger partial charge on any atom is -0.356 e. The number of rotatable bonds is 2. The molecule has 3 heterocycles. The van der Waals surface area contributed by atoms with Crippen molar-refractivity contribution in [3.8, 4) is 0 Å². The summed E-state index contributed by atoms with van der Waals surface area (Å²) in [5.41, 5.74) is 0.449. The number of aromatic nitrogens is 2. The summed E-state index contributed by atoms with van der Waals surface area (Å²) < 4.78 is 28.1. The van der Waals surface area contributed by atoms with Crippen molar-refractivity contribution in [1.29, 1.82) is 0 Å². The smallest absolute Gasteiger partial charge is 0.261 e. The molecule has 0 bridgehead atoms. The van der Waals surface area contributed by atoms with Crippen molar-refractivity contribution < 1.29 is 13.6 Å². The Balaban J connectivity index is 1.80. The Hall–Kier alpha value is -1.63. The molecule has 1 spiro atoms. The molecule has 2 saturated heterocycles. The van der Waals surface area contributed by atoms with Gasteiger partial charge >= 0.3 is 0 Å². The first-order valence-corrected chi connectivity index (χ1v) is 7.05. The highest BCUT2D eigenvalue weighted by atomic mass is 19.3. The van der Waals surface area contributed by atoms with E-state index in [0.29, 0.717) is 31.7 Å². The maximum atomic E-state index is 14.0. The van der Waals surface area contributed by atoms with Crippen LogP contribution in [0, 0.1) is 12.3 Å². The van der Waals surface area contributed by atoms with Gasteiger partial charge in [-0.3, -0.25) is 19.7 Å². The van der Waals surface area contributed by atoms with Gasteiger partial charge in [0.05, 0.1) is 23.3 Å². The van der Waals surface area contributed by atoms with E-state index in [4.69, 9.17) is 0 Å². The lowest BCUT2D eigenvalue weighted by atomic mass is 9.77. The number of halogens is 2. The number of alkyl halides is 2. The molecule has 7 heteroatoms. The number of piperidine rings is 1. The van der Waals surface area contributed by atoms with Crippen LogP contribution in [0.1, 0.15) is 24.2 Å². The number of hydrogen-bond acceptors (Lipinski definition) is 4. The Labute approximate surface area is 121 Å². The van der Waals surface area contributed by atoms with Crippen LogP contribution >= 0.6 is 0 Å². The second-order valence-corrected chi connectivity index (χ2v) is 6.12. The molecule has 0 unspecified atom stereocenters. The molecule has 1 N–H and O–H groups in total. The SMILES string of the molecule is Cc1cncc(CN2CC(F)(F)C[C@@]3(CCNC3=O)C2)n1. The summed E-state index contributed by atoms with van der Waals surface area (Å²) in [6.07, 6.45) is 3.32. The van der Waals surface area contributed by atoms with Crippen LogP contribution in [0.15, 0.2) is 12.4 Å². The number of carbonyl (C=O) groups excluding carboxylic acids is 1. The van der Waals surface area contributed by atoms with E-state index in [-0.39, 0.29) is 18.9 Å². The normalized spacial score (nSPS) is 28.8. The molecule has 1 amide bonds. The molecule has 2 aliphatic heterocycles. The molecular formula is C14H18F2N4O. The standard InChI is InChI=1S/C14H18F2N4O/c1-10-4-17-5-11(19-10)6-20-8-13(2-3-18-12(13)21)7-14(15,16)9-20/h4-5H,2-3,6-9H2,1H3,(H,18,21)/t13-/m0/s1. The molecule has 1 aromatic rings. The van der Waals surface area contributed by atoms with E-state index < -0.39 is 11.3 Å². The maximum Gasteiger partial charge on any atom is 0.261 e. The molecule has 0 radical (unpaired) electrons. The predicted octanol–water partition coefficient (Wildman–Crippen LogP) is 1.13. The number of hydrogen-bond donors (Lipinski definition) is 1. The van der Waals surface area contributed by atoms with E-state index in [1.165, 1.54) is 0 Å². The van der Waals surface area contributed by atoms with Crippen molar-refractivity contribution in [3.63, 3.8) is 0 Å². The summed E-state index contributed by atoms with van der Waals surface area (Å²) in [6.45, 7) is 2.60. The van der Waals surface area contributed by atoms with Gasteiger partial charge in [-0.05, 0) is 13.3 Å². The quantitative estimate of drug-likeness (QED) is 0.889. The van der Waals surface area contributed by atoms with Crippen LogP contribution in [0.2, 0.25) is 0 Å². The lowest BCUT2D eigenvalue weighted by molar-refractivity contribution is -0.149. The molecule has 5 nitrogen and oxygen atoms in total. The third-order valence-corrected chi connectivity index (χ3v) is 4.14. The second-order valence-electron chi connectivity index (χ2n) is 6.12. The van der Waals surface area contributed by atoms with Crippen LogP contribution in [0.4, 0.5) is 8.78 Å². The highest BCUT2D eigenvalue weighted by molar-refractivity contribution is 5.85. The Morgan fingerprint density at radius 1 is 1.38 bits per heavy atom. The van der Waals surface area contributed by atoms with Crippen molar-refractivity contribution in [1.82, 2.24) is 20.2 Å². The van der Waals surface area contributed by atoms with Crippen molar-refractivity contribution >= 4 is 5.91 Å². The molecular weight excluding hydrogens is 278 g/mol. The van der Waals surface area contributed by atoms with Crippen LogP contribution in [0.3, 0.4) is 0 Å². The Morgan fingerprint density at radius 3 is 2.86 bits per heavy atom. The van der Waals surface area contributed by atoms with Crippen molar-refractivity contribution in [2.75, 3.05) is 19.6 Å². The summed E-state index contributed by atoms with van der Waals surface area (Å²) in [5, 5.41) is 2.68. The summed E-state index contributed by atoms with van der Waals surface area (Å²) >= 11 is 0. The van der Waals surface area contributed by atoms with E-state index in [0.717, 1.165) is 5.69 Å². The predicted molar refractivity (Wildman–Crippen MR) is 71.7 cm³/mol. The summed E-state index contributed by atoms with van der Waals surface area (Å²) in [4.78, 5) is 21.9. The summed E-state index contributed by atoms with van der Waals surface area (Å²) in [7, 11) is 0. The van der Waals surface area contributed by atoms with Gasteiger partial charge in [0.25, 0.3) is 5.92 Å². The zero-order chi connectivity index (χ0) is 15.1. The van der Waals surface area contributed by atoms with Crippen LogP contribution in [0.25, 0.3) is 0 Å². The van der Waals surface area contributed by atoms with Gasteiger partial charge in [-0.2, -0.15) is 0 Å². The van der Waals surface area contributed by atoms with Crippen molar-refractivity contribution in [2.45, 2.75) is 32.2 Å². The van der Waals surface area contributed by atoms with E-state index in [1.54, 1.807) is 17.3 Å². The average Bonchev–Trinajstić information content (AvgIpc) is 2.67. The van der Waals surface area contributed by atoms with Crippen molar-refractivity contribution in [3.05, 3.63) is 23.8 Å². The minimum absolute atomic E-state index is 0.248. The fourth-order valence-corrected chi connectivity index (χ4v) is 3.39. The van der Waals surface area contributed by atoms with E-state index in [1.807, 2.05) is 6.92 Å². The van der Waals surface area contributed by atoms with Crippen molar-refractivity contribution in [2.24, 2.45) is 5.41 Å². The van der Waals surface area contributed by atoms with Gasteiger partial charge in [-0.1, -0.05) is 0 Å². The van der Waals surface area contributed by atoms with E-state index in [9.17, 15) is 13.6 Å². The number of nitrogens with zero attached hydrogens (tertiary/aromatic N) is 3. The van der Waals surface area contributed by atoms with Gasteiger partial charge in [-0.25, -0.2) is 8.78 Å². The fourth-order valence-electron chi connectivity index (χ4n) is 3.39. The maximum absolute atomic E-state index is 14.0. The second kappa shape index (κ2) is 4.98.